The van der Waals surface area contributed by atoms with Crippen LogP contribution in [0.15, 0.2) is 28.7 Å². The zero-order valence-corrected chi connectivity index (χ0v) is 17.2. The molecule has 0 spiro atoms. The van der Waals surface area contributed by atoms with Gasteiger partial charge in [0.15, 0.2) is 23.2 Å². The van der Waals surface area contributed by atoms with Gasteiger partial charge in [-0.3, -0.25) is 9.59 Å². The molecule has 0 aliphatic carbocycles. The number of hydrogen-bond donors (Lipinski definition) is 4. The van der Waals surface area contributed by atoms with Gasteiger partial charge in [0.25, 0.3) is 5.91 Å². The summed E-state index contributed by atoms with van der Waals surface area (Å²) in [5.41, 5.74) is 6.18. The zero-order valence-electron chi connectivity index (χ0n) is 16.4. The minimum Gasteiger partial charge on any atom is -0.535 e. The summed E-state index contributed by atoms with van der Waals surface area (Å²) in [6.45, 7) is -0.395. The number of para-hydroxylation sites is 1. The second kappa shape index (κ2) is 9.58. The minimum atomic E-state index is -1.40. The third-order valence-corrected chi connectivity index (χ3v) is 5.23. The number of nitrogens with one attached hydrogen (secondary N) is 1. The van der Waals surface area contributed by atoms with Crippen molar-refractivity contribution >= 4 is 47.0 Å². The number of nitrogen functional groups attached to an aromatic ring is 1. The summed E-state index contributed by atoms with van der Waals surface area (Å²) >= 11 is 1.11. The monoisotopic (exact) mass is 446 g/mol. The Balaban J connectivity index is 1.79. The Morgan fingerprint density at radius 2 is 2.23 bits per heavy atom. The Kier molecular flexibility index (Phi) is 6.87. The van der Waals surface area contributed by atoms with Crippen molar-refractivity contribution in [1.82, 2.24) is 10.3 Å². The highest BCUT2D eigenvalue weighted by atomic mass is 32.1. The van der Waals surface area contributed by atoms with Crippen molar-refractivity contribution < 1.29 is 34.0 Å². The number of anilines is 1. The maximum Gasteiger partial charge on any atom is 0.526 e. The number of carboxylic acid groups (broad SMARTS) is 1. The summed E-state index contributed by atoms with van der Waals surface area (Å²) in [7, 11) is 0.0335. The molecule has 1 amide bonds. The van der Waals surface area contributed by atoms with Crippen LogP contribution < -0.4 is 15.7 Å². The Hall–Kier alpha value is -3.45. The number of thiazole rings is 1. The molecule has 1 aromatic carbocycles. The Morgan fingerprint density at radius 3 is 2.87 bits per heavy atom. The number of ketones is 1. The van der Waals surface area contributed by atoms with Crippen LogP contribution >= 0.6 is 11.3 Å². The summed E-state index contributed by atoms with van der Waals surface area (Å²) in [5, 5.41) is 27.5. The molecule has 1 aromatic heterocycles. The van der Waals surface area contributed by atoms with Crippen molar-refractivity contribution in [3.8, 4) is 5.75 Å². The number of rotatable bonds is 8. The van der Waals surface area contributed by atoms with Crippen LogP contribution in [-0.2, 0) is 20.8 Å². The molecular formula is C18H19BN4O7S. The molecule has 13 heteroatoms. The molecule has 5 N–H and O–H groups in total. The molecule has 0 fully saturated rings. The lowest BCUT2D eigenvalue weighted by atomic mass is 9.64. The van der Waals surface area contributed by atoms with Gasteiger partial charge in [-0.15, -0.1) is 11.3 Å². The average molecular weight is 446 g/mol. The Bertz CT molecular complexity index is 1040. The van der Waals surface area contributed by atoms with E-state index < -0.39 is 37.2 Å². The number of nitrogens with two attached hydrogens (primary N) is 1. The largest absolute Gasteiger partial charge is 0.535 e. The van der Waals surface area contributed by atoms with Gasteiger partial charge in [-0.2, -0.15) is 0 Å². The first-order valence-corrected chi connectivity index (χ1v) is 10.0. The summed E-state index contributed by atoms with van der Waals surface area (Å²) in [4.78, 5) is 44.7. The van der Waals surface area contributed by atoms with Crippen molar-refractivity contribution in [3.63, 3.8) is 0 Å². The van der Waals surface area contributed by atoms with E-state index in [0.29, 0.717) is 5.56 Å². The van der Waals surface area contributed by atoms with Crippen molar-refractivity contribution in [2.24, 2.45) is 5.16 Å². The first kappa shape index (κ1) is 22.2. The normalized spacial score (nSPS) is 15.6. The molecule has 31 heavy (non-hydrogen) atoms. The smallest absolute Gasteiger partial charge is 0.526 e. The molecule has 2 aromatic rings. The van der Waals surface area contributed by atoms with E-state index in [9.17, 15) is 24.5 Å². The van der Waals surface area contributed by atoms with E-state index in [1.165, 1.54) is 18.5 Å². The number of aromatic carboxylic acids is 1. The van der Waals surface area contributed by atoms with E-state index in [1.807, 2.05) is 0 Å². The lowest BCUT2D eigenvalue weighted by Gasteiger charge is -2.27. The van der Waals surface area contributed by atoms with Crippen molar-refractivity contribution in [1.29, 1.82) is 0 Å². The number of aromatic nitrogens is 1. The number of benzene rings is 1. The molecule has 2 heterocycles. The van der Waals surface area contributed by atoms with E-state index in [4.69, 9.17) is 15.2 Å². The summed E-state index contributed by atoms with van der Waals surface area (Å²) in [6, 6.07) is 4.62. The molecular weight excluding hydrogens is 427 g/mol. The number of amides is 1. The molecule has 1 aliphatic heterocycles. The third kappa shape index (κ3) is 5.19. The second-order valence-corrected chi connectivity index (χ2v) is 7.55. The molecule has 0 unspecified atom stereocenters. The third-order valence-electron chi connectivity index (χ3n) is 4.56. The molecule has 0 saturated carbocycles. The first-order valence-electron chi connectivity index (χ1n) is 9.15. The van der Waals surface area contributed by atoms with E-state index in [0.717, 1.165) is 11.3 Å². The Morgan fingerprint density at radius 1 is 1.45 bits per heavy atom. The van der Waals surface area contributed by atoms with Crippen LogP contribution in [0.2, 0.25) is 5.82 Å². The van der Waals surface area contributed by atoms with Gasteiger partial charge < -0.3 is 30.7 Å². The molecule has 11 nitrogen and oxygen atoms in total. The summed E-state index contributed by atoms with van der Waals surface area (Å²) in [6.07, 6.45) is 0.0342. The molecule has 162 valence electrons. The highest BCUT2D eigenvalue weighted by Gasteiger charge is 2.38. The van der Waals surface area contributed by atoms with Gasteiger partial charge in [0.2, 0.25) is 0 Å². The molecule has 1 atom stereocenters. The van der Waals surface area contributed by atoms with Crippen LogP contribution in [0.4, 0.5) is 5.13 Å². The molecule has 0 saturated heterocycles. The minimum absolute atomic E-state index is 0.0656. The molecule has 0 radical (unpaired) electrons. The van der Waals surface area contributed by atoms with Crippen LogP contribution in [-0.4, -0.2) is 59.3 Å². The van der Waals surface area contributed by atoms with Gasteiger partial charge in [0.05, 0.1) is 5.56 Å². The van der Waals surface area contributed by atoms with Gasteiger partial charge in [0.1, 0.15) is 11.4 Å². The predicted molar refractivity (Wildman–Crippen MR) is 112 cm³/mol. The number of carboxylic acids is 1. The quantitative estimate of drug-likeness (QED) is 0.253. The van der Waals surface area contributed by atoms with Gasteiger partial charge >= 0.3 is 13.1 Å². The highest BCUT2D eigenvalue weighted by molar-refractivity contribution is 7.13. The lowest BCUT2D eigenvalue weighted by Crippen LogP contribution is -2.37. The fourth-order valence-electron chi connectivity index (χ4n) is 3.03. The van der Waals surface area contributed by atoms with Crippen molar-refractivity contribution in [2.45, 2.75) is 18.7 Å². The van der Waals surface area contributed by atoms with Crippen LogP contribution in [0.5, 0.6) is 5.75 Å². The van der Waals surface area contributed by atoms with Crippen LogP contribution in [0.25, 0.3) is 0 Å². The fourth-order valence-corrected chi connectivity index (χ4v) is 3.57. The molecule has 1 aliphatic rings. The van der Waals surface area contributed by atoms with Gasteiger partial charge in [-0.25, -0.2) is 9.78 Å². The number of oxime groups is 1. The van der Waals surface area contributed by atoms with Crippen LogP contribution in [0.1, 0.15) is 28.0 Å². The number of fused-ring (bicyclic) bond motifs is 1. The lowest BCUT2D eigenvalue weighted by molar-refractivity contribution is -0.125. The fraction of sp³-hybridized carbons (Fsp3) is 0.278. The maximum absolute atomic E-state index is 13.0. The predicted octanol–water partition coefficient (Wildman–Crippen LogP) is 0.335. The standard InChI is InChI=1S/C18H19BN4O7S/c1-21-14(25)7-29-23-15(12-8-31-18(20)22-12)13(24)6-10-5-9-3-2-4-11(17(26)27)16(9)30-19(10)28/h2-4,8,10,28H,5-7H2,1H3,(H2,20,22)(H,21,25)(H,26,27)/b23-15-/t10-/m1/s1. The number of likely N-dealkylation sites (N-methyl/N-ethyl adjacent to an activating group) is 1. The highest BCUT2D eigenvalue weighted by Crippen LogP contribution is 2.36. The summed E-state index contributed by atoms with van der Waals surface area (Å²) in [5.74, 6) is -2.70. The maximum atomic E-state index is 13.0. The van der Waals surface area contributed by atoms with Gasteiger partial charge in [0, 0.05) is 24.7 Å². The van der Waals surface area contributed by atoms with Crippen LogP contribution in [0, 0.1) is 0 Å². The second-order valence-electron chi connectivity index (χ2n) is 6.66. The first-order chi connectivity index (χ1) is 14.8. The number of hydrogen-bond acceptors (Lipinski definition) is 10. The summed E-state index contributed by atoms with van der Waals surface area (Å²) < 4.78 is 5.42. The van der Waals surface area contributed by atoms with Gasteiger partial charge in [-0.05, 0) is 18.1 Å². The van der Waals surface area contributed by atoms with E-state index in [1.54, 1.807) is 12.1 Å². The molecule has 3 rings (SSSR count). The zero-order chi connectivity index (χ0) is 22.5. The number of Topliss-reactive ketones (excluding diaryl/α,β-unsaturated/α-hetero) is 1. The average Bonchev–Trinajstić information content (AvgIpc) is 3.16. The van der Waals surface area contributed by atoms with Crippen LogP contribution in [0.3, 0.4) is 0 Å². The number of carbonyl (C=O) groups excluding carboxylic acids is 2. The SMILES string of the molecule is CNC(=O)CO/N=C(\C(=O)C[C@H]1Cc2cccc(C(=O)O)c2OB1O)c1csc(N)n1. The van der Waals surface area contributed by atoms with E-state index >= 15 is 0 Å². The van der Waals surface area contributed by atoms with E-state index in [2.05, 4.69) is 15.5 Å². The van der Waals surface area contributed by atoms with Crippen molar-refractivity contribution in [2.75, 3.05) is 19.4 Å². The molecule has 0 bridgehead atoms. The van der Waals surface area contributed by atoms with E-state index in [-0.39, 0.29) is 40.7 Å². The van der Waals surface area contributed by atoms with Gasteiger partial charge in [-0.1, -0.05) is 17.3 Å². The topological polar surface area (TPSA) is 173 Å². The Labute approximate surface area is 181 Å². The number of carbonyl (C=O) groups is 3. The number of nitrogens with zero attached hydrogens (tertiary/aromatic N) is 2. The van der Waals surface area contributed by atoms with Crippen molar-refractivity contribution in [3.05, 3.63) is 40.4 Å².